The van der Waals surface area contributed by atoms with E-state index in [9.17, 15) is 22.0 Å². The van der Waals surface area contributed by atoms with Crippen molar-refractivity contribution in [2.75, 3.05) is 6.61 Å². The topological polar surface area (TPSA) is 9.23 Å². The molecule has 0 aliphatic heterocycles. The first kappa shape index (κ1) is 20.6. The minimum Gasteiger partial charge on any atom is -0.292 e. The van der Waals surface area contributed by atoms with Crippen LogP contribution in [0.4, 0.5) is 22.0 Å². The van der Waals surface area contributed by atoms with Crippen LogP contribution in [0.1, 0.15) is 69.3 Å². The van der Waals surface area contributed by atoms with Gasteiger partial charge in [-0.3, -0.25) is 4.74 Å². The molecular formula is C21H27F5O. The minimum absolute atomic E-state index is 0.238. The maximum Gasteiger partial charge on any atom is 0.522 e. The van der Waals surface area contributed by atoms with Gasteiger partial charge in [0, 0.05) is 0 Å². The molecule has 0 aromatic heterocycles. The highest BCUT2D eigenvalue weighted by Crippen LogP contribution is 2.44. The molecule has 1 aromatic rings. The third-order valence-corrected chi connectivity index (χ3v) is 6.54. The number of ether oxygens (including phenoxy) is 1. The van der Waals surface area contributed by atoms with Crippen molar-refractivity contribution in [1.82, 2.24) is 0 Å². The lowest BCUT2D eigenvalue weighted by Crippen LogP contribution is -2.26. The highest BCUT2D eigenvalue weighted by atomic mass is 19.4. The van der Waals surface area contributed by atoms with E-state index in [1.54, 1.807) is 6.07 Å². The number of hydrogen-bond acceptors (Lipinski definition) is 1. The van der Waals surface area contributed by atoms with Crippen molar-refractivity contribution >= 4 is 0 Å². The summed E-state index contributed by atoms with van der Waals surface area (Å²) < 4.78 is 66.6. The summed E-state index contributed by atoms with van der Waals surface area (Å²) in [6, 6.07) is 4.23. The molecule has 2 aliphatic rings. The van der Waals surface area contributed by atoms with Gasteiger partial charge in [-0.2, -0.15) is 0 Å². The zero-order valence-corrected chi connectivity index (χ0v) is 15.4. The maximum atomic E-state index is 13.4. The van der Waals surface area contributed by atoms with Crippen LogP contribution in [0.3, 0.4) is 0 Å². The summed E-state index contributed by atoms with van der Waals surface area (Å²) >= 11 is 0. The van der Waals surface area contributed by atoms with Crippen molar-refractivity contribution < 1.29 is 26.7 Å². The van der Waals surface area contributed by atoms with Crippen molar-refractivity contribution in [3.05, 3.63) is 35.4 Å². The monoisotopic (exact) mass is 390 g/mol. The Morgan fingerprint density at radius 2 is 1.41 bits per heavy atom. The fraction of sp³-hybridized carbons (Fsp3) is 0.714. The molecule has 0 amide bonds. The smallest absolute Gasteiger partial charge is 0.292 e. The van der Waals surface area contributed by atoms with Crippen LogP contribution in [-0.2, 0) is 4.74 Å². The van der Waals surface area contributed by atoms with Crippen LogP contribution in [0.25, 0.3) is 0 Å². The fourth-order valence-electron chi connectivity index (χ4n) is 4.98. The number of halogens is 5. The van der Waals surface area contributed by atoms with Gasteiger partial charge in [0.1, 0.15) is 0 Å². The Hall–Kier alpha value is -1.17. The van der Waals surface area contributed by atoms with Crippen LogP contribution in [0.5, 0.6) is 0 Å². The van der Waals surface area contributed by atoms with Gasteiger partial charge in [-0.25, -0.2) is 8.78 Å². The van der Waals surface area contributed by atoms with Gasteiger partial charge in [-0.05, 0) is 86.3 Å². The predicted molar refractivity (Wildman–Crippen MR) is 93.1 cm³/mol. The van der Waals surface area contributed by atoms with Gasteiger partial charge in [0.25, 0.3) is 0 Å². The zero-order chi connectivity index (χ0) is 19.4. The largest absolute Gasteiger partial charge is 0.522 e. The van der Waals surface area contributed by atoms with Crippen LogP contribution in [0.2, 0.25) is 0 Å². The summed E-state index contributed by atoms with van der Waals surface area (Å²) in [6.45, 7) is -0.238. The average Bonchev–Trinajstić information content (AvgIpc) is 2.64. The first-order valence-electron chi connectivity index (χ1n) is 9.97. The molecule has 0 radical (unpaired) electrons. The Kier molecular flexibility index (Phi) is 6.77. The van der Waals surface area contributed by atoms with E-state index in [0.29, 0.717) is 30.1 Å². The van der Waals surface area contributed by atoms with Crippen molar-refractivity contribution in [1.29, 1.82) is 0 Å². The Bertz CT molecular complexity index is 599. The van der Waals surface area contributed by atoms with E-state index in [-0.39, 0.29) is 6.61 Å². The molecule has 1 nitrogen and oxygen atoms in total. The zero-order valence-electron chi connectivity index (χ0n) is 15.4. The van der Waals surface area contributed by atoms with Gasteiger partial charge in [0.05, 0.1) is 6.61 Å². The third-order valence-electron chi connectivity index (χ3n) is 6.54. The Labute approximate surface area is 157 Å². The van der Waals surface area contributed by atoms with Gasteiger partial charge in [0.15, 0.2) is 11.6 Å². The van der Waals surface area contributed by atoms with Crippen LogP contribution < -0.4 is 0 Å². The molecule has 2 saturated carbocycles. The number of hydrogen-bond donors (Lipinski definition) is 0. The Balaban J connectivity index is 1.40. The maximum absolute atomic E-state index is 13.4. The van der Waals surface area contributed by atoms with E-state index in [0.717, 1.165) is 56.9 Å². The number of alkyl halides is 3. The molecule has 0 bridgehead atoms. The van der Waals surface area contributed by atoms with Crippen molar-refractivity contribution in [2.45, 2.75) is 70.1 Å². The van der Waals surface area contributed by atoms with E-state index in [2.05, 4.69) is 4.74 Å². The van der Waals surface area contributed by atoms with Crippen molar-refractivity contribution in [3.63, 3.8) is 0 Å². The molecule has 2 aliphatic carbocycles. The molecule has 1 aromatic carbocycles. The predicted octanol–water partition coefficient (Wildman–Crippen LogP) is 6.97. The summed E-state index contributed by atoms with van der Waals surface area (Å²) in [4.78, 5) is 0. The first-order chi connectivity index (χ1) is 12.8. The van der Waals surface area contributed by atoms with Crippen LogP contribution >= 0.6 is 0 Å². The fourth-order valence-corrected chi connectivity index (χ4v) is 4.98. The summed E-state index contributed by atoms with van der Waals surface area (Å²) in [5.41, 5.74) is 0.890. The molecule has 0 heterocycles. The molecule has 0 atom stereocenters. The molecule has 3 rings (SSSR count). The normalized spacial score (nSPS) is 29.7. The van der Waals surface area contributed by atoms with Crippen LogP contribution in [-0.4, -0.2) is 13.0 Å². The van der Waals surface area contributed by atoms with Gasteiger partial charge in [0.2, 0.25) is 0 Å². The summed E-state index contributed by atoms with van der Waals surface area (Å²) in [5.74, 6) is 0.358. The number of benzene rings is 1. The van der Waals surface area contributed by atoms with E-state index in [1.165, 1.54) is 12.1 Å². The molecule has 2 fully saturated rings. The molecule has 152 valence electrons. The molecule has 0 N–H and O–H groups in total. The minimum atomic E-state index is -4.52. The first-order valence-corrected chi connectivity index (χ1v) is 9.97. The molecule has 6 heteroatoms. The van der Waals surface area contributed by atoms with E-state index < -0.39 is 18.0 Å². The molecule has 0 spiro atoms. The van der Waals surface area contributed by atoms with E-state index >= 15 is 0 Å². The lowest BCUT2D eigenvalue weighted by atomic mass is 9.68. The lowest BCUT2D eigenvalue weighted by Gasteiger charge is -2.38. The van der Waals surface area contributed by atoms with Gasteiger partial charge in [-0.1, -0.05) is 18.9 Å². The Morgan fingerprint density at radius 3 is 1.96 bits per heavy atom. The molecule has 0 unspecified atom stereocenters. The van der Waals surface area contributed by atoms with Crippen LogP contribution in [0.15, 0.2) is 18.2 Å². The van der Waals surface area contributed by atoms with Gasteiger partial charge >= 0.3 is 6.36 Å². The van der Waals surface area contributed by atoms with Gasteiger partial charge < -0.3 is 0 Å². The molecular weight excluding hydrogens is 363 g/mol. The second kappa shape index (κ2) is 8.89. The highest BCUT2D eigenvalue weighted by Gasteiger charge is 2.33. The lowest BCUT2D eigenvalue weighted by molar-refractivity contribution is -0.325. The molecule has 0 saturated heterocycles. The van der Waals surface area contributed by atoms with Crippen molar-refractivity contribution in [2.24, 2.45) is 17.8 Å². The Morgan fingerprint density at radius 1 is 0.815 bits per heavy atom. The van der Waals surface area contributed by atoms with Crippen LogP contribution in [0, 0.1) is 29.4 Å². The SMILES string of the molecule is Fc1ccc(C2CCC(C3CCC(CCOC(F)(F)F)CC3)CC2)cc1F. The summed E-state index contributed by atoms with van der Waals surface area (Å²) in [6.07, 6.45) is 4.26. The second-order valence-electron chi connectivity index (χ2n) is 8.15. The van der Waals surface area contributed by atoms with Gasteiger partial charge in [-0.15, -0.1) is 13.2 Å². The van der Waals surface area contributed by atoms with E-state index in [1.807, 2.05) is 0 Å². The highest BCUT2D eigenvalue weighted by molar-refractivity contribution is 5.22. The van der Waals surface area contributed by atoms with E-state index in [4.69, 9.17) is 0 Å². The average molecular weight is 390 g/mol. The third kappa shape index (κ3) is 5.90. The number of rotatable bonds is 5. The quantitative estimate of drug-likeness (QED) is 0.493. The summed E-state index contributed by atoms with van der Waals surface area (Å²) in [7, 11) is 0. The second-order valence-corrected chi connectivity index (χ2v) is 8.15. The standard InChI is InChI=1S/C21H27F5O/c22-19-10-9-18(13-20(19)23)17-7-5-16(6-8-17)15-3-1-14(2-4-15)11-12-27-21(24,25)26/h9-10,13-17H,1-8,11-12H2. The molecule has 27 heavy (non-hydrogen) atoms. The van der Waals surface area contributed by atoms with Crippen molar-refractivity contribution in [3.8, 4) is 0 Å². The summed E-state index contributed by atoms with van der Waals surface area (Å²) in [5, 5.41) is 0.